The minimum atomic E-state index is 1.14. The normalized spacial score (nSPS) is 13.9. The molecule has 0 aliphatic heterocycles. The molecule has 0 bridgehead atoms. The lowest BCUT2D eigenvalue weighted by atomic mass is 9.91. The zero-order chi connectivity index (χ0) is 22.4. The van der Waals surface area contributed by atoms with E-state index in [1.165, 1.54) is 97.0 Å². The van der Waals surface area contributed by atoms with Crippen LogP contribution in [0.4, 0.5) is 0 Å². The van der Waals surface area contributed by atoms with Crippen molar-refractivity contribution in [3.8, 4) is 0 Å². The van der Waals surface area contributed by atoms with Crippen LogP contribution in [0.1, 0.15) is 0 Å². The lowest BCUT2D eigenvalue weighted by Gasteiger charge is -2.13. The quantitative estimate of drug-likeness (QED) is 0.139. The molecule has 0 amide bonds. The molecular weight excluding hydrogens is 680 g/mol. The Morgan fingerprint density at radius 1 is 0.235 bits per heavy atom. The Hall–Kier alpha value is -1.98. The van der Waals surface area contributed by atoms with Crippen LogP contribution in [0.25, 0.3) is 97.0 Å². The summed E-state index contributed by atoms with van der Waals surface area (Å²) in [5.74, 6) is 0. The molecule has 0 aliphatic carbocycles. The molecule has 156 valence electrons. The van der Waals surface area contributed by atoms with Gasteiger partial charge in [0.05, 0.1) is 0 Å². The maximum Gasteiger partial charge on any atom is 0.0402 e. The third-order valence-corrected chi connectivity index (χ3v) is 12.8. The number of halogens is 4. The predicted molar refractivity (Wildman–Crippen MR) is 162 cm³/mol. The summed E-state index contributed by atoms with van der Waals surface area (Å²) in [6.07, 6.45) is 0. The summed E-state index contributed by atoms with van der Waals surface area (Å²) in [4.78, 5) is 0. The van der Waals surface area contributed by atoms with Crippen molar-refractivity contribution in [2.24, 2.45) is 0 Å². The molecule has 10 aromatic carbocycles. The Bertz CT molecular complexity index is 2130. The van der Waals surface area contributed by atoms with Crippen molar-refractivity contribution in [3.63, 3.8) is 0 Å². The van der Waals surface area contributed by atoms with Crippen molar-refractivity contribution in [2.75, 3.05) is 0 Å². The van der Waals surface area contributed by atoms with E-state index < -0.39 is 0 Å². The molecule has 0 N–H and O–H groups in total. The molecule has 34 heavy (non-hydrogen) atoms. The van der Waals surface area contributed by atoms with Crippen LogP contribution in [0.2, 0.25) is 0 Å². The Labute approximate surface area is 225 Å². The molecule has 0 atom stereocenters. The molecule has 0 saturated heterocycles. The highest BCUT2D eigenvalue weighted by atomic mass is 79.9. The highest BCUT2D eigenvalue weighted by Gasteiger charge is 2.31. The van der Waals surface area contributed by atoms with Gasteiger partial charge in [-0.25, -0.2) is 0 Å². The lowest BCUT2D eigenvalue weighted by Crippen LogP contribution is -1.85. The highest BCUT2D eigenvalue weighted by Crippen LogP contribution is 2.60. The van der Waals surface area contributed by atoms with Gasteiger partial charge in [0.15, 0.2) is 0 Å². The predicted octanol–water partition coefficient (Wildman–Crippen LogP) is 11.7. The van der Waals surface area contributed by atoms with Crippen molar-refractivity contribution in [3.05, 3.63) is 66.4 Å². The molecule has 0 saturated carbocycles. The molecule has 0 heterocycles. The number of rotatable bonds is 0. The second kappa shape index (κ2) is 5.39. The molecule has 0 radical (unpaired) electrons. The van der Waals surface area contributed by atoms with E-state index >= 15 is 0 Å². The summed E-state index contributed by atoms with van der Waals surface area (Å²) in [5.41, 5.74) is 0. The maximum absolute atomic E-state index is 3.92. The summed E-state index contributed by atoms with van der Waals surface area (Å²) in [6.45, 7) is 0. The molecular formula is C30H8Br4. The van der Waals surface area contributed by atoms with Gasteiger partial charge in [-0.15, -0.1) is 0 Å². The summed E-state index contributed by atoms with van der Waals surface area (Å²) in [6, 6.07) is 18.6. The van der Waals surface area contributed by atoms with E-state index in [2.05, 4.69) is 112 Å². The maximum atomic E-state index is 3.92. The van der Waals surface area contributed by atoms with Crippen molar-refractivity contribution in [1.29, 1.82) is 0 Å². The third-order valence-electron chi connectivity index (χ3n) is 8.48. The van der Waals surface area contributed by atoms with Crippen LogP contribution in [-0.4, -0.2) is 0 Å². The Kier molecular flexibility index (Phi) is 2.90. The minimum absolute atomic E-state index is 1.14. The summed E-state index contributed by atoms with van der Waals surface area (Å²) >= 11 is 15.7. The number of hydrogen-bond acceptors (Lipinski definition) is 0. The molecule has 0 aromatic heterocycles. The Balaban J connectivity index is 1.78. The summed E-state index contributed by atoms with van der Waals surface area (Å²) in [5, 5.41) is 24.8. The molecule has 0 spiro atoms. The van der Waals surface area contributed by atoms with Gasteiger partial charge in [0.2, 0.25) is 0 Å². The van der Waals surface area contributed by atoms with Gasteiger partial charge < -0.3 is 0 Å². The second-order valence-corrected chi connectivity index (χ2v) is 12.8. The fourth-order valence-corrected chi connectivity index (χ4v) is 9.52. The van der Waals surface area contributed by atoms with Gasteiger partial charge in [-0.05, 0) is 161 Å². The average molecular weight is 688 g/mol. The van der Waals surface area contributed by atoms with Crippen LogP contribution < -0.4 is 0 Å². The zero-order valence-electron chi connectivity index (χ0n) is 17.1. The van der Waals surface area contributed by atoms with Crippen LogP contribution in [-0.2, 0) is 0 Å². The molecule has 0 fully saturated rings. The van der Waals surface area contributed by atoms with Gasteiger partial charge in [0, 0.05) is 17.9 Å². The average Bonchev–Trinajstić information content (AvgIpc) is 3.40. The van der Waals surface area contributed by atoms with E-state index in [4.69, 9.17) is 0 Å². The number of hydrogen-bond donors (Lipinski definition) is 0. The Morgan fingerprint density at radius 2 is 0.412 bits per heavy atom. The monoisotopic (exact) mass is 684 g/mol. The molecule has 0 nitrogen and oxygen atoms in total. The van der Waals surface area contributed by atoms with Crippen LogP contribution in [0.3, 0.4) is 0 Å². The zero-order valence-corrected chi connectivity index (χ0v) is 23.5. The lowest BCUT2D eigenvalue weighted by molar-refractivity contribution is 1.75. The number of fused-ring (bicyclic) bond motifs is 2. The number of benzene rings is 8. The molecule has 0 unspecified atom stereocenters. The van der Waals surface area contributed by atoms with Gasteiger partial charge in [0.1, 0.15) is 0 Å². The second-order valence-electron chi connectivity index (χ2n) is 9.65. The Morgan fingerprint density at radius 3 is 0.647 bits per heavy atom. The first-order valence-corrected chi connectivity index (χ1v) is 14.3. The van der Waals surface area contributed by atoms with Crippen molar-refractivity contribution >= 4 is 161 Å². The molecule has 10 aromatic rings. The fraction of sp³-hybridized carbons (Fsp3) is 0. The fourth-order valence-electron chi connectivity index (χ4n) is 7.34. The van der Waals surface area contributed by atoms with E-state index in [1.54, 1.807) is 0 Å². The van der Waals surface area contributed by atoms with Gasteiger partial charge in [-0.1, -0.05) is 48.5 Å². The first-order chi connectivity index (χ1) is 16.6. The van der Waals surface area contributed by atoms with Crippen molar-refractivity contribution < 1.29 is 0 Å². The highest BCUT2D eigenvalue weighted by molar-refractivity contribution is 9.13. The van der Waals surface area contributed by atoms with E-state index in [9.17, 15) is 0 Å². The molecule has 0 aliphatic rings. The van der Waals surface area contributed by atoms with Crippen molar-refractivity contribution in [2.45, 2.75) is 0 Å². The van der Waals surface area contributed by atoms with Crippen molar-refractivity contribution in [1.82, 2.24) is 0 Å². The smallest absolute Gasteiger partial charge is 0.0402 e. The van der Waals surface area contributed by atoms with Crippen LogP contribution >= 0.6 is 63.7 Å². The van der Waals surface area contributed by atoms with Gasteiger partial charge in [-0.2, -0.15) is 0 Å². The largest absolute Gasteiger partial charge is 0.0531 e. The van der Waals surface area contributed by atoms with Crippen LogP contribution in [0.15, 0.2) is 66.4 Å². The summed E-state index contributed by atoms with van der Waals surface area (Å²) < 4.78 is 4.58. The standard InChI is InChI=1S/C30H8Br4/c31-27-13-5-1-9-10-2-6-14-22-18(10)26-20-12(4-8-16(24(20)22)30(34)29(14)33)11-3-7-15(28(27)32)23-19(11)25(26)17(9)21(13)23/h1-8H. The molecule has 4 heteroatoms. The first kappa shape index (κ1) is 18.3. The minimum Gasteiger partial charge on any atom is -0.0531 e. The van der Waals surface area contributed by atoms with E-state index in [0.29, 0.717) is 0 Å². The molecule has 10 rings (SSSR count). The van der Waals surface area contributed by atoms with Crippen LogP contribution in [0.5, 0.6) is 0 Å². The van der Waals surface area contributed by atoms with Gasteiger partial charge in [0.25, 0.3) is 0 Å². The topological polar surface area (TPSA) is 0 Å². The van der Waals surface area contributed by atoms with E-state index in [-0.39, 0.29) is 0 Å². The first-order valence-electron chi connectivity index (χ1n) is 11.1. The summed E-state index contributed by atoms with van der Waals surface area (Å²) in [7, 11) is 0. The van der Waals surface area contributed by atoms with E-state index in [0.717, 1.165) is 17.9 Å². The van der Waals surface area contributed by atoms with E-state index in [1.807, 2.05) is 0 Å². The van der Waals surface area contributed by atoms with Crippen LogP contribution in [0, 0.1) is 0 Å². The van der Waals surface area contributed by atoms with Gasteiger partial charge >= 0.3 is 0 Å². The van der Waals surface area contributed by atoms with Gasteiger partial charge in [-0.3, -0.25) is 0 Å². The SMILES string of the molecule is Brc1c(Br)c2ccc3c4ccc5c(Br)c(Br)c6ccc7c8ccc1c1c2c3c(c81)c1c7c6c5c41. The third kappa shape index (κ3) is 1.59.